The Morgan fingerprint density at radius 1 is 0.500 bits per heavy atom. The third kappa shape index (κ3) is 4.65. The zero-order valence-electron chi connectivity index (χ0n) is 10.8. The highest BCUT2D eigenvalue weighted by Crippen LogP contribution is 2.06. The molecule has 0 atom stereocenters. The van der Waals surface area contributed by atoms with E-state index >= 15 is 0 Å². The topological polar surface area (TPSA) is 0 Å². The van der Waals surface area contributed by atoms with Gasteiger partial charge in [-0.1, -0.05) is 60.7 Å². The van der Waals surface area contributed by atoms with Crippen LogP contribution < -0.4 is 0 Å². The van der Waals surface area contributed by atoms with E-state index in [1.807, 2.05) is 36.5 Å². The second-order valence-corrected chi connectivity index (χ2v) is 4.21. The molecule has 0 heterocycles. The molecule has 0 aliphatic heterocycles. The van der Waals surface area contributed by atoms with Crippen LogP contribution in [-0.2, 0) is 0 Å². The first-order valence-electron chi connectivity index (χ1n) is 6.26. The molecule has 2 rings (SSSR count). The van der Waals surface area contributed by atoms with Crippen LogP contribution in [0.4, 0.5) is 8.78 Å². The fourth-order valence-corrected chi connectivity index (χ4v) is 1.61. The zero-order chi connectivity index (χ0) is 14.2. The van der Waals surface area contributed by atoms with Crippen molar-refractivity contribution in [2.24, 2.45) is 0 Å². The molecule has 0 saturated carbocycles. The van der Waals surface area contributed by atoms with Gasteiger partial charge in [0, 0.05) is 0 Å². The molecule has 0 amide bonds. The maximum atomic E-state index is 12.7. The van der Waals surface area contributed by atoms with Crippen LogP contribution in [0.3, 0.4) is 0 Å². The number of allylic oxidation sites excluding steroid dienone is 4. The fraction of sp³-hybridized carbons (Fsp3) is 0. The highest BCUT2D eigenvalue weighted by molar-refractivity contribution is 5.53. The Balaban J connectivity index is 1.87. The van der Waals surface area contributed by atoms with Gasteiger partial charge in [0.25, 0.3) is 0 Å². The van der Waals surface area contributed by atoms with Crippen molar-refractivity contribution < 1.29 is 8.78 Å². The standard InChI is InChI=1S/C18H14F2/c19-17-11-7-15(8-12-17)5-3-1-2-4-6-16-9-13-18(20)14-10-16/h1-14H. The smallest absolute Gasteiger partial charge is 0.123 e. The van der Waals surface area contributed by atoms with Gasteiger partial charge >= 0.3 is 0 Å². The van der Waals surface area contributed by atoms with E-state index in [2.05, 4.69) is 0 Å². The van der Waals surface area contributed by atoms with Crippen molar-refractivity contribution in [2.75, 3.05) is 0 Å². The molecule has 2 aromatic carbocycles. The first-order valence-corrected chi connectivity index (χ1v) is 6.26. The van der Waals surface area contributed by atoms with Crippen molar-refractivity contribution >= 4 is 12.2 Å². The molecular weight excluding hydrogens is 254 g/mol. The molecule has 0 fully saturated rings. The molecule has 20 heavy (non-hydrogen) atoms. The minimum Gasteiger partial charge on any atom is -0.207 e. The monoisotopic (exact) mass is 268 g/mol. The van der Waals surface area contributed by atoms with Gasteiger partial charge < -0.3 is 0 Å². The van der Waals surface area contributed by atoms with Gasteiger partial charge in [0.1, 0.15) is 11.6 Å². The summed E-state index contributed by atoms with van der Waals surface area (Å²) in [6, 6.07) is 12.6. The normalized spacial score (nSPS) is 11.9. The molecule has 0 saturated heterocycles. The van der Waals surface area contributed by atoms with Gasteiger partial charge in [0.2, 0.25) is 0 Å². The maximum absolute atomic E-state index is 12.7. The van der Waals surface area contributed by atoms with E-state index in [-0.39, 0.29) is 11.6 Å². The van der Waals surface area contributed by atoms with Gasteiger partial charge in [-0.15, -0.1) is 0 Å². The van der Waals surface area contributed by atoms with Gasteiger partial charge in [-0.25, -0.2) is 8.78 Å². The number of hydrogen-bond acceptors (Lipinski definition) is 0. The fourth-order valence-electron chi connectivity index (χ4n) is 1.61. The lowest BCUT2D eigenvalue weighted by molar-refractivity contribution is 0.627. The average Bonchev–Trinajstić information content (AvgIpc) is 2.46. The predicted octanol–water partition coefficient (Wildman–Crippen LogP) is 5.25. The summed E-state index contributed by atoms with van der Waals surface area (Å²) in [4.78, 5) is 0. The zero-order valence-corrected chi connectivity index (χ0v) is 10.8. The molecule has 0 aliphatic rings. The second kappa shape index (κ2) is 7.19. The Morgan fingerprint density at radius 3 is 1.20 bits per heavy atom. The van der Waals surface area contributed by atoms with Gasteiger partial charge in [-0.2, -0.15) is 0 Å². The predicted molar refractivity (Wildman–Crippen MR) is 80.0 cm³/mol. The molecule has 0 aliphatic carbocycles. The summed E-state index contributed by atoms with van der Waals surface area (Å²) in [5.41, 5.74) is 1.89. The first-order chi connectivity index (χ1) is 9.74. The minimum atomic E-state index is -0.236. The molecule has 2 heteroatoms. The largest absolute Gasteiger partial charge is 0.207 e. The third-order valence-electron chi connectivity index (χ3n) is 2.65. The lowest BCUT2D eigenvalue weighted by Gasteiger charge is -1.91. The molecular formula is C18H14F2. The lowest BCUT2D eigenvalue weighted by Crippen LogP contribution is -1.73. The van der Waals surface area contributed by atoms with Crippen LogP contribution in [-0.4, -0.2) is 0 Å². The molecule has 100 valence electrons. The molecule has 0 unspecified atom stereocenters. The molecule has 0 N–H and O–H groups in total. The van der Waals surface area contributed by atoms with Crippen molar-refractivity contribution in [1.82, 2.24) is 0 Å². The average molecular weight is 268 g/mol. The van der Waals surface area contributed by atoms with Gasteiger partial charge in [-0.05, 0) is 35.4 Å². The minimum absolute atomic E-state index is 0.236. The number of rotatable bonds is 4. The van der Waals surface area contributed by atoms with E-state index in [1.165, 1.54) is 24.3 Å². The van der Waals surface area contributed by atoms with Crippen molar-refractivity contribution in [3.05, 3.63) is 95.6 Å². The highest BCUT2D eigenvalue weighted by atomic mass is 19.1. The third-order valence-corrected chi connectivity index (χ3v) is 2.65. The summed E-state index contributed by atoms with van der Waals surface area (Å²) in [5.74, 6) is -0.472. The van der Waals surface area contributed by atoms with E-state index in [0.717, 1.165) is 11.1 Å². The van der Waals surface area contributed by atoms with E-state index in [1.54, 1.807) is 24.3 Å². The number of halogens is 2. The van der Waals surface area contributed by atoms with Crippen LogP contribution in [0.15, 0.2) is 72.8 Å². The van der Waals surface area contributed by atoms with Crippen molar-refractivity contribution in [1.29, 1.82) is 0 Å². The van der Waals surface area contributed by atoms with E-state index < -0.39 is 0 Å². The summed E-state index contributed by atoms with van der Waals surface area (Å²) in [7, 11) is 0. The molecule has 0 radical (unpaired) electrons. The Bertz CT molecular complexity index is 560. The van der Waals surface area contributed by atoms with Crippen LogP contribution in [0.2, 0.25) is 0 Å². The molecule has 0 nitrogen and oxygen atoms in total. The van der Waals surface area contributed by atoms with Crippen LogP contribution in [0.25, 0.3) is 12.2 Å². The molecule has 0 spiro atoms. The van der Waals surface area contributed by atoms with Crippen molar-refractivity contribution in [3.8, 4) is 0 Å². The molecule has 0 bridgehead atoms. The summed E-state index contributed by atoms with van der Waals surface area (Å²) in [5, 5.41) is 0. The number of hydrogen-bond donors (Lipinski definition) is 0. The summed E-state index contributed by atoms with van der Waals surface area (Å²) in [6.45, 7) is 0. The van der Waals surface area contributed by atoms with Crippen LogP contribution >= 0.6 is 0 Å². The quantitative estimate of drug-likeness (QED) is 0.664. The van der Waals surface area contributed by atoms with Crippen molar-refractivity contribution in [2.45, 2.75) is 0 Å². The van der Waals surface area contributed by atoms with Crippen LogP contribution in [0.1, 0.15) is 11.1 Å². The van der Waals surface area contributed by atoms with Gasteiger partial charge in [-0.3, -0.25) is 0 Å². The SMILES string of the molecule is Fc1ccc(C=CC=CC=Cc2ccc(F)cc2)cc1. The Kier molecular flexibility index (Phi) is 5.01. The van der Waals surface area contributed by atoms with E-state index in [4.69, 9.17) is 0 Å². The van der Waals surface area contributed by atoms with Crippen LogP contribution in [0, 0.1) is 11.6 Å². The second-order valence-electron chi connectivity index (χ2n) is 4.21. The Hall–Kier alpha value is -2.48. The maximum Gasteiger partial charge on any atom is 0.123 e. The van der Waals surface area contributed by atoms with Gasteiger partial charge in [0.05, 0.1) is 0 Å². The molecule has 2 aromatic rings. The van der Waals surface area contributed by atoms with Gasteiger partial charge in [0.15, 0.2) is 0 Å². The van der Waals surface area contributed by atoms with E-state index in [0.29, 0.717) is 0 Å². The summed E-state index contributed by atoms with van der Waals surface area (Å²) in [6.07, 6.45) is 11.3. The lowest BCUT2D eigenvalue weighted by atomic mass is 10.2. The summed E-state index contributed by atoms with van der Waals surface area (Å²) >= 11 is 0. The Labute approximate surface area is 117 Å². The summed E-state index contributed by atoms with van der Waals surface area (Å²) < 4.78 is 25.4. The first kappa shape index (κ1) is 13.9. The number of benzene rings is 2. The van der Waals surface area contributed by atoms with Crippen LogP contribution in [0.5, 0.6) is 0 Å². The Morgan fingerprint density at radius 2 is 0.850 bits per heavy atom. The van der Waals surface area contributed by atoms with Crippen molar-refractivity contribution in [3.63, 3.8) is 0 Å². The van der Waals surface area contributed by atoms with E-state index in [9.17, 15) is 8.78 Å². The molecule has 0 aromatic heterocycles. The highest BCUT2D eigenvalue weighted by Gasteiger charge is 1.88.